The molecule has 1 aliphatic rings. The second-order valence-electron chi connectivity index (χ2n) is 1.82. The van der Waals surface area contributed by atoms with Crippen LogP contribution in [0.3, 0.4) is 0 Å². The van der Waals surface area contributed by atoms with Gasteiger partial charge < -0.3 is 5.32 Å². The fraction of sp³-hybridized carbons (Fsp3) is 0.200. The van der Waals surface area contributed by atoms with Crippen LogP contribution >= 0.6 is 15.9 Å². The van der Waals surface area contributed by atoms with Gasteiger partial charge in [0.25, 0.3) is 5.91 Å². The quantitative estimate of drug-likeness (QED) is 0.459. The molecule has 0 aromatic carbocycles. The molecular formula is C5H5BrN2O2. The predicted octanol–water partition coefficient (Wildman–Crippen LogP) is 0.404. The van der Waals surface area contributed by atoms with E-state index in [4.69, 9.17) is 0 Å². The molecule has 0 atom stereocenters. The molecule has 1 fully saturated rings. The molecule has 5 heteroatoms. The van der Waals surface area contributed by atoms with Gasteiger partial charge in [-0.15, -0.1) is 0 Å². The van der Waals surface area contributed by atoms with E-state index in [-0.39, 0.29) is 11.6 Å². The van der Waals surface area contributed by atoms with Gasteiger partial charge in [0.1, 0.15) is 5.70 Å². The van der Waals surface area contributed by atoms with Crippen LogP contribution in [-0.2, 0) is 4.79 Å². The molecule has 0 bridgehead atoms. The highest BCUT2D eigenvalue weighted by molar-refractivity contribution is 9.11. The highest BCUT2D eigenvalue weighted by Crippen LogP contribution is 2.07. The van der Waals surface area contributed by atoms with Crippen LogP contribution in [0, 0.1) is 0 Å². The van der Waals surface area contributed by atoms with Crippen molar-refractivity contribution < 1.29 is 9.59 Å². The fourth-order valence-corrected chi connectivity index (χ4v) is 0.910. The standard InChI is InChI=1S/C5H5BrN2O2/c1-8-4(9)3(2-6)7-5(8)10/h2H,1H3,(H,7,10)/b3-2-. The smallest absolute Gasteiger partial charge is 0.302 e. The second kappa shape index (κ2) is 2.42. The number of halogens is 1. The summed E-state index contributed by atoms with van der Waals surface area (Å²) in [4.78, 5) is 24.0. The molecule has 10 heavy (non-hydrogen) atoms. The molecule has 1 rings (SSSR count). The average Bonchev–Trinajstić information content (AvgIpc) is 2.17. The Morgan fingerprint density at radius 2 is 2.20 bits per heavy atom. The number of amides is 3. The van der Waals surface area contributed by atoms with Gasteiger partial charge >= 0.3 is 6.03 Å². The number of hydrogen-bond donors (Lipinski definition) is 1. The molecule has 1 saturated heterocycles. The Morgan fingerprint density at radius 1 is 1.60 bits per heavy atom. The first-order valence-corrected chi connectivity index (χ1v) is 3.48. The van der Waals surface area contributed by atoms with E-state index in [1.165, 1.54) is 12.0 Å². The summed E-state index contributed by atoms with van der Waals surface area (Å²) in [5.74, 6) is -0.318. The van der Waals surface area contributed by atoms with Crippen LogP contribution in [0.2, 0.25) is 0 Å². The third kappa shape index (κ3) is 0.923. The van der Waals surface area contributed by atoms with Crippen molar-refractivity contribution in [3.63, 3.8) is 0 Å². The Kier molecular flexibility index (Phi) is 1.76. The molecule has 1 heterocycles. The van der Waals surface area contributed by atoms with Crippen molar-refractivity contribution >= 4 is 27.9 Å². The van der Waals surface area contributed by atoms with Crippen LogP contribution in [-0.4, -0.2) is 23.9 Å². The number of rotatable bonds is 0. The van der Waals surface area contributed by atoms with Crippen molar-refractivity contribution in [1.29, 1.82) is 0 Å². The van der Waals surface area contributed by atoms with Crippen molar-refractivity contribution in [1.82, 2.24) is 10.2 Å². The predicted molar refractivity (Wildman–Crippen MR) is 38.3 cm³/mol. The number of carbonyl (C=O) groups is 2. The van der Waals surface area contributed by atoms with Crippen LogP contribution in [0.5, 0.6) is 0 Å². The summed E-state index contributed by atoms with van der Waals surface area (Å²) in [6.07, 6.45) is 0. The molecule has 0 unspecified atom stereocenters. The van der Waals surface area contributed by atoms with E-state index in [9.17, 15) is 9.59 Å². The second-order valence-corrected chi connectivity index (χ2v) is 2.27. The first kappa shape index (κ1) is 7.27. The number of hydrogen-bond acceptors (Lipinski definition) is 2. The maximum atomic E-state index is 10.9. The molecule has 54 valence electrons. The van der Waals surface area contributed by atoms with Crippen LogP contribution in [0.4, 0.5) is 4.79 Å². The minimum atomic E-state index is -0.393. The van der Waals surface area contributed by atoms with E-state index in [1.54, 1.807) is 0 Å². The van der Waals surface area contributed by atoms with Crippen LogP contribution in [0.1, 0.15) is 0 Å². The van der Waals surface area contributed by atoms with Crippen molar-refractivity contribution in [2.75, 3.05) is 7.05 Å². The van der Waals surface area contributed by atoms with E-state index in [0.717, 1.165) is 4.90 Å². The van der Waals surface area contributed by atoms with E-state index >= 15 is 0 Å². The van der Waals surface area contributed by atoms with Crippen LogP contribution in [0.15, 0.2) is 10.7 Å². The molecule has 0 aromatic heterocycles. The number of urea groups is 1. The van der Waals surface area contributed by atoms with Gasteiger partial charge in [-0.2, -0.15) is 0 Å². The monoisotopic (exact) mass is 204 g/mol. The van der Waals surface area contributed by atoms with Gasteiger partial charge in [0.2, 0.25) is 0 Å². The maximum Gasteiger partial charge on any atom is 0.328 e. The van der Waals surface area contributed by atoms with Crippen molar-refractivity contribution in [2.45, 2.75) is 0 Å². The molecule has 4 nitrogen and oxygen atoms in total. The lowest BCUT2D eigenvalue weighted by molar-refractivity contribution is -0.121. The molecule has 0 aliphatic carbocycles. The van der Waals surface area contributed by atoms with Crippen LogP contribution in [0.25, 0.3) is 0 Å². The lowest BCUT2D eigenvalue weighted by Crippen LogP contribution is -2.25. The Morgan fingerprint density at radius 3 is 2.40 bits per heavy atom. The number of imide groups is 1. The average molecular weight is 205 g/mol. The zero-order valence-corrected chi connectivity index (χ0v) is 6.81. The zero-order valence-electron chi connectivity index (χ0n) is 5.22. The summed E-state index contributed by atoms with van der Waals surface area (Å²) in [7, 11) is 1.42. The van der Waals surface area contributed by atoms with Gasteiger partial charge in [-0.25, -0.2) is 4.79 Å². The third-order valence-electron chi connectivity index (χ3n) is 1.19. The van der Waals surface area contributed by atoms with Crippen molar-refractivity contribution in [3.05, 3.63) is 10.7 Å². The fourth-order valence-electron chi connectivity index (χ4n) is 0.599. The minimum Gasteiger partial charge on any atom is -0.302 e. The number of likely N-dealkylation sites (N-methyl/N-ethyl adjacent to an activating group) is 1. The summed E-state index contributed by atoms with van der Waals surface area (Å²) >= 11 is 2.95. The molecule has 1 N–H and O–H groups in total. The number of nitrogens with zero attached hydrogens (tertiary/aromatic N) is 1. The number of carbonyl (C=O) groups excluding carboxylic acids is 2. The molecule has 0 radical (unpaired) electrons. The lowest BCUT2D eigenvalue weighted by atomic mass is 10.5. The van der Waals surface area contributed by atoms with E-state index < -0.39 is 6.03 Å². The summed E-state index contributed by atoms with van der Waals surface area (Å²) in [5, 5.41) is 2.35. The topological polar surface area (TPSA) is 49.4 Å². The van der Waals surface area contributed by atoms with Crippen molar-refractivity contribution in [2.24, 2.45) is 0 Å². The highest BCUT2D eigenvalue weighted by atomic mass is 79.9. The van der Waals surface area contributed by atoms with E-state index in [2.05, 4.69) is 21.2 Å². The number of nitrogens with one attached hydrogen (secondary N) is 1. The van der Waals surface area contributed by atoms with Gasteiger partial charge in [-0.1, -0.05) is 15.9 Å². The Balaban J connectivity index is 2.92. The first-order valence-electron chi connectivity index (χ1n) is 2.56. The summed E-state index contributed by atoms with van der Waals surface area (Å²) in [6, 6.07) is -0.393. The molecule has 0 saturated carbocycles. The summed E-state index contributed by atoms with van der Waals surface area (Å²) in [5.41, 5.74) is 0.271. The molecular weight excluding hydrogens is 200 g/mol. The van der Waals surface area contributed by atoms with Gasteiger partial charge in [-0.3, -0.25) is 9.69 Å². The van der Waals surface area contributed by atoms with E-state index in [0.29, 0.717) is 0 Å². The largest absolute Gasteiger partial charge is 0.328 e. The first-order chi connectivity index (χ1) is 4.66. The molecule has 0 spiro atoms. The Bertz CT molecular complexity index is 224. The van der Waals surface area contributed by atoms with Crippen LogP contribution < -0.4 is 5.32 Å². The van der Waals surface area contributed by atoms with Gasteiger partial charge in [0, 0.05) is 12.0 Å². The molecule has 0 aromatic rings. The highest BCUT2D eigenvalue weighted by Gasteiger charge is 2.29. The van der Waals surface area contributed by atoms with Gasteiger partial charge in [-0.05, 0) is 0 Å². The molecule has 3 amide bonds. The minimum absolute atomic E-state index is 0.271. The summed E-state index contributed by atoms with van der Waals surface area (Å²) < 4.78 is 0. The van der Waals surface area contributed by atoms with Gasteiger partial charge in [0.15, 0.2) is 0 Å². The normalized spacial score (nSPS) is 22.2. The Labute approximate surface area is 66.0 Å². The van der Waals surface area contributed by atoms with Gasteiger partial charge in [0.05, 0.1) is 0 Å². The van der Waals surface area contributed by atoms with Crippen molar-refractivity contribution in [3.8, 4) is 0 Å². The third-order valence-corrected chi connectivity index (χ3v) is 1.65. The SMILES string of the molecule is CN1C(=O)N/C(=C\Br)C1=O. The summed E-state index contributed by atoms with van der Waals surface area (Å²) in [6.45, 7) is 0. The zero-order chi connectivity index (χ0) is 7.72. The molecule has 1 aliphatic heterocycles. The Hall–Kier alpha value is -0.840. The lowest BCUT2D eigenvalue weighted by Gasteiger charge is -1.98. The van der Waals surface area contributed by atoms with E-state index in [1.807, 2.05) is 0 Å². The maximum absolute atomic E-state index is 10.9.